The molecular formula is C14H24N2O2+2. The molecule has 0 unspecified atom stereocenters. The van der Waals surface area contributed by atoms with Crippen molar-refractivity contribution in [3.63, 3.8) is 0 Å². The van der Waals surface area contributed by atoms with Gasteiger partial charge in [0.05, 0.1) is 38.9 Å². The van der Waals surface area contributed by atoms with Gasteiger partial charge in [-0.1, -0.05) is 6.07 Å². The van der Waals surface area contributed by atoms with Crippen LogP contribution in [-0.4, -0.2) is 33.4 Å². The van der Waals surface area contributed by atoms with Crippen LogP contribution in [0, 0.1) is 0 Å². The van der Waals surface area contributed by atoms with Crippen molar-refractivity contribution >= 4 is 0 Å². The standard InChI is InChI=1S/C14H22N2O2/c1-17-13-4-3-5-14(18-2)12(13)10-16-8-6-11(15)7-9-16/h3-5,11H,6-10,15H2,1-2H3/p+2. The summed E-state index contributed by atoms with van der Waals surface area (Å²) in [6.45, 7) is 3.35. The fourth-order valence-electron chi connectivity index (χ4n) is 2.61. The molecule has 1 aromatic rings. The average Bonchev–Trinajstić information content (AvgIpc) is 2.41. The number of piperidine rings is 1. The molecule has 0 amide bonds. The maximum absolute atomic E-state index is 5.44. The van der Waals surface area contributed by atoms with Gasteiger partial charge in [-0.3, -0.25) is 0 Å². The molecule has 2 rings (SSSR count). The lowest BCUT2D eigenvalue weighted by Crippen LogP contribution is -3.12. The number of rotatable bonds is 4. The van der Waals surface area contributed by atoms with Crippen LogP contribution < -0.4 is 20.1 Å². The van der Waals surface area contributed by atoms with Crippen LogP contribution in [-0.2, 0) is 6.54 Å². The molecule has 0 bridgehead atoms. The van der Waals surface area contributed by atoms with Crippen molar-refractivity contribution in [3.8, 4) is 11.5 Å². The van der Waals surface area contributed by atoms with E-state index in [1.807, 2.05) is 18.2 Å². The van der Waals surface area contributed by atoms with Gasteiger partial charge in [-0.2, -0.15) is 0 Å². The van der Waals surface area contributed by atoms with Gasteiger partial charge in [-0.15, -0.1) is 0 Å². The predicted octanol–water partition coefficient (Wildman–Crippen LogP) is -0.507. The topological polar surface area (TPSA) is 50.5 Å². The van der Waals surface area contributed by atoms with Crippen LogP contribution in [0.3, 0.4) is 0 Å². The number of nitrogens with one attached hydrogen (secondary N) is 1. The third kappa shape index (κ3) is 2.94. The molecule has 0 aliphatic carbocycles. The lowest BCUT2D eigenvalue weighted by Gasteiger charge is -2.26. The molecule has 18 heavy (non-hydrogen) atoms. The third-order valence-corrected chi connectivity index (χ3v) is 3.77. The number of hydrogen-bond donors (Lipinski definition) is 2. The molecular weight excluding hydrogens is 228 g/mol. The monoisotopic (exact) mass is 252 g/mol. The largest absolute Gasteiger partial charge is 0.496 e. The summed E-state index contributed by atoms with van der Waals surface area (Å²) in [5.74, 6) is 1.86. The van der Waals surface area contributed by atoms with E-state index < -0.39 is 0 Å². The van der Waals surface area contributed by atoms with Crippen molar-refractivity contribution in [3.05, 3.63) is 23.8 Å². The molecule has 1 saturated heterocycles. The molecule has 4 N–H and O–H groups in total. The Morgan fingerprint density at radius 2 is 1.72 bits per heavy atom. The van der Waals surface area contributed by atoms with Crippen LogP contribution in [0.1, 0.15) is 18.4 Å². The van der Waals surface area contributed by atoms with E-state index >= 15 is 0 Å². The van der Waals surface area contributed by atoms with E-state index in [2.05, 4.69) is 5.73 Å². The van der Waals surface area contributed by atoms with Crippen molar-refractivity contribution in [1.82, 2.24) is 0 Å². The SMILES string of the molecule is COc1cccc(OC)c1C[NH+]1CCC([NH3+])CC1. The van der Waals surface area contributed by atoms with Crippen LogP contribution >= 0.6 is 0 Å². The van der Waals surface area contributed by atoms with Crippen molar-refractivity contribution < 1.29 is 20.1 Å². The molecule has 100 valence electrons. The van der Waals surface area contributed by atoms with E-state index in [0.29, 0.717) is 6.04 Å². The molecule has 0 spiro atoms. The summed E-state index contributed by atoms with van der Waals surface area (Å²) in [4.78, 5) is 1.60. The maximum atomic E-state index is 5.44. The summed E-state index contributed by atoms with van der Waals surface area (Å²) in [6.07, 6.45) is 2.43. The zero-order chi connectivity index (χ0) is 13.0. The van der Waals surface area contributed by atoms with Gasteiger partial charge in [0.1, 0.15) is 18.0 Å². The quantitative estimate of drug-likeness (QED) is 0.758. The zero-order valence-corrected chi connectivity index (χ0v) is 11.4. The summed E-state index contributed by atoms with van der Waals surface area (Å²) < 4.78 is 10.9. The van der Waals surface area contributed by atoms with Crippen LogP contribution in [0.4, 0.5) is 0 Å². The first-order chi connectivity index (χ1) is 8.74. The Hall–Kier alpha value is -1.26. The van der Waals surface area contributed by atoms with Crippen molar-refractivity contribution in [2.45, 2.75) is 25.4 Å². The zero-order valence-electron chi connectivity index (χ0n) is 11.4. The molecule has 1 aliphatic rings. The highest BCUT2D eigenvalue weighted by atomic mass is 16.5. The second-order valence-electron chi connectivity index (χ2n) is 5.01. The van der Waals surface area contributed by atoms with Crippen molar-refractivity contribution in [2.24, 2.45) is 0 Å². The van der Waals surface area contributed by atoms with E-state index in [4.69, 9.17) is 9.47 Å². The summed E-state index contributed by atoms with van der Waals surface area (Å²) in [5, 5.41) is 0. The minimum Gasteiger partial charge on any atom is -0.496 e. The average molecular weight is 252 g/mol. The van der Waals surface area contributed by atoms with E-state index in [1.165, 1.54) is 31.5 Å². The van der Waals surface area contributed by atoms with Gasteiger partial charge in [0.15, 0.2) is 0 Å². The first-order valence-electron chi connectivity index (χ1n) is 6.61. The molecule has 1 aromatic carbocycles. The Morgan fingerprint density at radius 3 is 2.22 bits per heavy atom. The number of methoxy groups -OCH3 is 2. The molecule has 4 heteroatoms. The first kappa shape index (κ1) is 13.2. The van der Waals surface area contributed by atoms with Gasteiger partial charge < -0.3 is 20.1 Å². The fraction of sp³-hybridized carbons (Fsp3) is 0.571. The van der Waals surface area contributed by atoms with Crippen molar-refractivity contribution in [2.75, 3.05) is 27.3 Å². The maximum Gasteiger partial charge on any atom is 0.131 e. The van der Waals surface area contributed by atoms with Crippen molar-refractivity contribution in [1.29, 1.82) is 0 Å². The van der Waals surface area contributed by atoms with Gasteiger partial charge in [-0.05, 0) is 12.1 Å². The van der Waals surface area contributed by atoms with Gasteiger partial charge >= 0.3 is 0 Å². The highest BCUT2D eigenvalue weighted by Crippen LogP contribution is 2.27. The van der Waals surface area contributed by atoms with Crippen LogP contribution in [0.15, 0.2) is 18.2 Å². The number of quaternary nitrogens is 2. The second-order valence-corrected chi connectivity index (χ2v) is 5.01. The Kier molecular flexibility index (Phi) is 4.44. The Labute approximate surface area is 109 Å². The minimum atomic E-state index is 0.633. The lowest BCUT2D eigenvalue weighted by atomic mass is 10.0. The molecule has 0 radical (unpaired) electrons. The van der Waals surface area contributed by atoms with E-state index in [0.717, 1.165) is 18.0 Å². The smallest absolute Gasteiger partial charge is 0.131 e. The Balaban J connectivity index is 2.12. The van der Waals surface area contributed by atoms with Crippen LogP contribution in [0.25, 0.3) is 0 Å². The predicted molar refractivity (Wildman–Crippen MR) is 69.9 cm³/mol. The van der Waals surface area contributed by atoms with Gasteiger partial charge in [0.2, 0.25) is 0 Å². The highest BCUT2D eigenvalue weighted by Gasteiger charge is 2.24. The van der Waals surface area contributed by atoms with Gasteiger partial charge in [-0.25, -0.2) is 0 Å². The fourth-order valence-corrected chi connectivity index (χ4v) is 2.61. The molecule has 1 aliphatic heterocycles. The summed E-state index contributed by atoms with van der Waals surface area (Å²) in [5.41, 5.74) is 5.32. The lowest BCUT2D eigenvalue weighted by molar-refractivity contribution is -0.922. The first-order valence-corrected chi connectivity index (χ1v) is 6.61. The Bertz CT molecular complexity index is 365. The highest BCUT2D eigenvalue weighted by molar-refractivity contribution is 5.44. The van der Waals surface area contributed by atoms with Gasteiger partial charge in [0.25, 0.3) is 0 Å². The number of benzene rings is 1. The van der Waals surface area contributed by atoms with E-state index in [9.17, 15) is 0 Å². The number of hydrogen-bond acceptors (Lipinski definition) is 2. The summed E-state index contributed by atoms with van der Waals surface area (Å²) >= 11 is 0. The van der Waals surface area contributed by atoms with E-state index in [-0.39, 0.29) is 0 Å². The third-order valence-electron chi connectivity index (χ3n) is 3.77. The molecule has 1 heterocycles. The normalized spacial score (nSPS) is 23.7. The molecule has 0 atom stereocenters. The van der Waals surface area contributed by atoms with E-state index in [1.54, 1.807) is 19.1 Å². The summed E-state index contributed by atoms with van der Waals surface area (Å²) in [6, 6.07) is 6.61. The molecule has 4 nitrogen and oxygen atoms in total. The number of ether oxygens (including phenoxy) is 2. The second kappa shape index (κ2) is 6.07. The molecule has 1 fully saturated rings. The summed E-state index contributed by atoms with van der Waals surface area (Å²) in [7, 11) is 3.44. The van der Waals surface area contributed by atoms with Gasteiger partial charge in [0, 0.05) is 12.8 Å². The number of likely N-dealkylation sites (tertiary alicyclic amines) is 1. The van der Waals surface area contributed by atoms with Crippen LogP contribution in [0.5, 0.6) is 11.5 Å². The Morgan fingerprint density at radius 1 is 1.17 bits per heavy atom. The minimum absolute atomic E-state index is 0.633. The van der Waals surface area contributed by atoms with Crippen LogP contribution in [0.2, 0.25) is 0 Å². The molecule has 0 saturated carbocycles. The molecule has 0 aromatic heterocycles.